The van der Waals surface area contributed by atoms with Gasteiger partial charge in [0.25, 0.3) is 0 Å². The molecule has 0 bridgehead atoms. The average molecular weight is 172 g/mol. The molecule has 1 atom stereocenters. The summed E-state index contributed by atoms with van der Waals surface area (Å²) in [6, 6.07) is 0.994. The molecule has 1 aliphatic rings. The van der Waals surface area contributed by atoms with E-state index >= 15 is 0 Å². The minimum atomic E-state index is 0.176. The molecule has 1 rings (SSSR count). The molecule has 0 radical (unpaired) electrons. The Bertz CT molecular complexity index is 126. The average Bonchev–Trinajstić information content (AvgIpc) is 2.83. The van der Waals surface area contributed by atoms with Gasteiger partial charge in [-0.25, -0.2) is 0 Å². The van der Waals surface area contributed by atoms with Crippen LogP contribution in [0.25, 0.3) is 0 Å². The van der Waals surface area contributed by atoms with Crippen molar-refractivity contribution >= 4 is 0 Å². The molecule has 1 fully saturated rings. The minimum absolute atomic E-state index is 0.176. The molecule has 0 amide bonds. The quantitative estimate of drug-likeness (QED) is 0.632. The summed E-state index contributed by atoms with van der Waals surface area (Å²) in [6.07, 6.45) is 2.71. The summed E-state index contributed by atoms with van der Waals surface area (Å²) >= 11 is 0. The van der Waals surface area contributed by atoms with Gasteiger partial charge in [-0.15, -0.1) is 0 Å². The largest absolute Gasteiger partial charge is 0.383 e. The Morgan fingerprint density at radius 3 is 2.67 bits per heavy atom. The zero-order chi connectivity index (χ0) is 8.97. The molecule has 3 nitrogen and oxygen atoms in total. The summed E-state index contributed by atoms with van der Waals surface area (Å²) < 4.78 is 5.00. The van der Waals surface area contributed by atoms with E-state index in [0.29, 0.717) is 6.61 Å². The molecule has 0 aromatic carbocycles. The van der Waals surface area contributed by atoms with Crippen molar-refractivity contribution in [1.82, 2.24) is 4.90 Å². The lowest BCUT2D eigenvalue weighted by atomic mass is 10.3. The second kappa shape index (κ2) is 4.80. The van der Waals surface area contributed by atoms with Crippen LogP contribution in [0.1, 0.15) is 19.8 Å². The summed E-state index contributed by atoms with van der Waals surface area (Å²) in [5.41, 5.74) is 5.86. The highest BCUT2D eigenvalue weighted by Crippen LogP contribution is 2.26. The topological polar surface area (TPSA) is 38.5 Å². The second-order valence-electron chi connectivity index (χ2n) is 3.53. The van der Waals surface area contributed by atoms with Crippen LogP contribution in [0.3, 0.4) is 0 Å². The lowest BCUT2D eigenvalue weighted by Gasteiger charge is -2.23. The highest BCUT2D eigenvalue weighted by atomic mass is 16.5. The maximum atomic E-state index is 5.86. The third kappa shape index (κ3) is 3.09. The molecular formula is C9H20N2O. The predicted molar refractivity (Wildman–Crippen MR) is 50.1 cm³/mol. The van der Waals surface area contributed by atoms with Gasteiger partial charge in [0.05, 0.1) is 6.61 Å². The monoisotopic (exact) mass is 172 g/mol. The predicted octanol–water partition coefficient (Wildman–Crippen LogP) is 0.444. The van der Waals surface area contributed by atoms with E-state index < -0.39 is 0 Å². The van der Waals surface area contributed by atoms with Gasteiger partial charge in [-0.2, -0.15) is 0 Å². The Morgan fingerprint density at radius 2 is 2.25 bits per heavy atom. The number of nitrogens with zero attached hydrogens (tertiary/aromatic N) is 1. The second-order valence-corrected chi connectivity index (χ2v) is 3.53. The highest BCUT2D eigenvalue weighted by molar-refractivity contribution is 4.85. The fourth-order valence-corrected chi connectivity index (χ4v) is 1.54. The first-order valence-electron chi connectivity index (χ1n) is 4.76. The van der Waals surface area contributed by atoms with E-state index in [9.17, 15) is 0 Å². The van der Waals surface area contributed by atoms with Crippen molar-refractivity contribution in [2.45, 2.75) is 31.8 Å². The molecule has 72 valence electrons. The van der Waals surface area contributed by atoms with E-state index in [1.54, 1.807) is 7.11 Å². The molecule has 3 heteroatoms. The Labute approximate surface area is 74.9 Å². The molecule has 0 aromatic rings. The number of hydrogen-bond acceptors (Lipinski definition) is 3. The third-order valence-corrected chi connectivity index (χ3v) is 2.32. The van der Waals surface area contributed by atoms with Gasteiger partial charge >= 0.3 is 0 Å². The molecule has 1 unspecified atom stereocenters. The Hall–Kier alpha value is -0.120. The van der Waals surface area contributed by atoms with Crippen LogP contribution < -0.4 is 5.73 Å². The number of ether oxygens (including phenoxy) is 1. The van der Waals surface area contributed by atoms with Gasteiger partial charge in [0.15, 0.2) is 0 Å². The molecule has 0 saturated heterocycles. The first-order valence-corrected chi connectivity index (χ1v) is 4.76. The molecular weight excluding hydrogens is 152 g/mol. The first kappa shape index (κ1) is 9.96. The summed E-state index contributed by atoms with van der Waals surface area (Å²) in [4.78, 5) is 2.45. The van der Waals surface area contributed by atoms with Crippen LogP contribution in [-0.2, 0) is 4.74 Å². The lowest BCUT2D eigenvalue weighted by molar-refractivity contribution is 0.153. The Kier molecular flexibility index (Phi) is 3.98. The van der Waals surface area contributed by atoms with Crippen molar-refractivity contribution in [2.24, 2.45) is 5.73 Å². The number of likely N-dealkylation sites (N-methyl/N-ethyl adjacent to an activating group) is 1. The molecule has 12 heavy (non-hydrogen) atoms. The lowest BCUT2D eigenvalue weighted by Crippen LogP contribution is -2.41. The fourth-order valence-electron chi connectivity index (χ4n) is 1.54. The zero-order valence-corrected chi connectivity index (χ0v) is 8.12. The molecule has 2 N–H and O–H groups in total. The summed E-state index contributed by atoms with van der Waals surface area (Å²) in [7, 11) is 1.70. The third-order valence-electron chi connectivity index (χ3n) is 2.32. The van der Waals surface area contributed by atoms with E-state index in [-0.39, 0.29) is 6.04 Å². The van der Waals surface area contributed by atoms with Crippen LogP contribution in [-0.4, -0.2) is 43.8 Å². The van der Waals surface area contributed by atoms with E-state index in [1.165, 1.54) is 12.8 Å². The van der Waals surface area contributed by atoms with Crippen LogP contribution in [0, 0.1) is 0 Å². The van der Waals surface area contributed by atoms with Gasteiger partial charge < -0.3 is 10.5 Å². The number of hydrogen-bond donors (Lipinski definition) is 1. The van der Waals surface area contributed by atoms with Gasteiger partial charge in [-0.05, 0) is 19.4 Å². The molecule has 0 aliphatic heterocycles. The minimum Gasteiger partial charge on any atom is -0.383 e. The van der Waals surface area contributed by atoms with Crippen LogP contribution >= 0.6 is 0 Å². The van der Waals surface area contributed by atoms with E-state index in [2.05, 4.69) is 11.8 Å². The number of rotatable bonds is 6. The van der Waals surface area contributed by atoms with E-state index in [1.807, 2.05) is 0 Å². The van der Waals surface area contributed by atoms with Crippen molar-refractivity contribution in [3.63, 3.8) is 0 Å². The van der Waals surface area contributed by atoms with Crippen LogP contribution in [0.5, 0.6) is 0 Å². The van der Waals surface area contributed by atoms with Crippen molar-refractivity contribution in [2.75, 3.05) is 26.8 Å². The number of methoxy groups -OCH3 is 1. The fraction of sp³-hybridized carbons (Fsp3) is 1.00. The molecule has 1 aliphatic carbocycles. The van der Waals surface area contributed by atoms with Gasteiger partial charge in [0.2, 0.25) is 0 Å². The van der Waals surface area contributed by atoms with E-state index in [0.717, 1.165) is 19.1 Å². The van der Waals surface area contributed by atoms with Gasteiger partial charge in [-0.1, -0.05) is 6.92 Å². The van der Waals surface area contributed by atoms with Crippen LogP contribution in [0.4, 0.5) is 0 Å². The van der Waals surface area contributed by atoms with E-state index in [4.69, 9.17) is 10.5 Å². The van der Waals surface area contributed by atoms with Gasteiger partial charge in [-0.3, -0.25) is 4.90 Å². The standard InChI is InChI=1S/C9H20N2O/c1-3-11(9-4-5-9)6-8(10)7-12-2/h8-9H,3-7,10H2,1-2H3. The maximum Gasteiger partial charge on any atom is 0.0626 e. The molecule has 1 saturated carbocycles. The van der Waals surface area contributed by atoms with Crippen molar-refractivity contribution in [3.05, 3.63) is 0 Å². The van der Waals surface area contributed by atoms with Crippen LogP contribution in [0.15, 0.2) is 0 Å². The maximum absolute atomic E-state index is 5.86. The first-order chi connectivity index (χ1) is 5.77. The number of nitrogens with two attached hydrogens (primary N) is 1. The smallest absolute Gasteiger partial charge is 0.0626 e. The highest BCUT2D eigenvalue weighted by Gasteiger charge is 2.28. The Morgan fingerprint density at radius 1 is 1.58 bits per heavy atom. The molecule has 0 spiro atoms. The summed E-state index contributed by atoms with van der Waals surface area (Å²) in [5, 5.41) is 0. The van der Waals surface area contributed by atoms with Crippen molar-refractivity contribution in [1.29, 1.82) is 0 Å². The van der Waals surface area contributed by atoms with Crippen LogP contribution in [0.2, 0.25) is 0 Å². The van der Waals surface area contributed by atoms with Gasteiger partial charge in [0, 0.05) is 25.7 Å². The molecule has 0 aromatic heterocycles. The zero-order valence-electron chi connectivity index (χ0n) is 8.12. The SMILES string of the molecule is CCN(CC(N)COC)C1CC1. The Balaban J connectivity index is 2.16. The van der Waals surface area contributed by atoms with Crippen molar-refractivity contribution < 1.29 is 4.74 Å². The molecule has 0 heterocycles. The summed E-state index contributed by atoms with van der Waals surface area (Å²) in [6.45, 7) is 4.96. The van der Waals surface area contributed by atoms with Crippen molar-refractivity contribution in [3.8, 4) is 0 Å². The summed E-state index contributed by atoms with van der Waals surface area (Å²) in [5.74, 6) is 0. The van der Waals surface area contributed by atoms with Gasteiger partial charge in [0.1, 0.15) is 0 Å². The normalized spacial score (nSPS) is 20.0.